The Balaban J connectivity index is 1.32. The van der Waals surface area contributed by atoms with E-state index in [1.54, 1.807) is 35.3 Å². The fourth-order valence-corrected chi connectivity index (χ4v) is 5.46. The largest absolute Gasteiger partial charge is 0.348 e. The van der Waals surface area contributed by atoms with Gasteiger partial charge in [0.05, 0.1) is 11.7 Å². The van der Waals surface area contributed by atoms with Crippen molar-refractivity contribution in [2.45, 2.75) is 36.7 Å². The van der Waals surface area contributed by atoms with Crippen molar-refractivity contribution in [1.29, 1.82) is 0 Å². The monoisotopic (exact) mass is 450 g/mol. The molecule has 1 saturated heterocycles. The van der Waals surface area contributed by atoms with Gasteiger partial charge in [0.15, 0.2) is 5.84 Å². The van der Waals surface area contributed by atoms with Crippen molar-refractivity contribution in [3.05, 3.63) is 72.3 Å². The molecule has 9 nitrogen and oxygen atoms in total. The number of likely N-dealkylation sites (tertiary alicyclic amines) is 1. The molecule has 3 heterocycles. The van der Waals surface area contributed by atoms with E-state index in [9.17, 15) is 13.2 Å². The summed E-state index contributed by atoms with van der Waals surface area (Å²) in [5.74, 6) is 0.225. The first-order valence-electron chi connectivity index (χ1n) is 10.4. The van der Waals surface area contributed by atoms with Crippen LogP contribution in [0.15, 0.2) is 70.5 Å². The van der Waals surface area contributed by atoms with Crippen LogP contribution >= 0.6 is 0 Å². The zero-order valence-electron chi connectivity index (χ0n) is 17.4. The smallest absolute Gasteiger partial charge is 0.285 e. The molecule has 0 spiro atoms. The SMILES string of the molecule is CC(NC(=O)[C@@H]1CCCN1C1=NS(=O)(=O)c2ccccc21)c1ccc(-n2cncn2)cc1. The summed E-state index contributed by atoms with van der Waals surface area (Å²) in [4.78, 5) is 19.1. The topological polar surface area (TPSA) is 110 Å². The molecule has 32 heavy (non-hydrogen) atoms. The third kappa shape index (κ3) is 3.56. The molecule has 3 aromatic rings. The van der Waals surface area contributed by atoms with Gasteiger partial charge in [-0.05, 0) is 49.6 Å². The highest BCUT2D eigenvalue weighted by Gasteiger charge is 2.39. The van der Waals surface area contributed by atoms with E-state index in [1.165, 1.54) is 6.33 Å². The first-order chi connectivity index (χ1) is 15.4. The van der Waals surface area contributed by atoms with Gasteiger partial charge < -0.3 is 10.2 Å². The molecule has 0 bridgehead atoms. The first kappa shape index (κ1) is 20.4. The molecule has 2 aliphatic rings. The molecule has 0 radical (unpaired) electrons. The number of amides is 1. The number of hydrogen-bond acceptors (Lipinski definition) is 6. The fourth-order valence-electron chi connectivity index (χ4n) is 4.24. The lowest BCUT2D eigenvalue weighted by Gasteiger charge is -2.27. The predicted octanol–water partition coefficient (Wildman–Crippen LogP) is 2.06. The summed E-state index contributed by atoms with van der Waals surface area (Å²) >= 11 is 0. The Labute approximate surface area is 185 Å². The van der Waals surface area contributed by atoms with Crippen LogP contribution in [-0.4, -0.2) is 52.4 Å². The lowest BCUT2D eigenvalue weighted by molar-refractivity contribution is -0.125. The van der Waals surface area contributed by atoms with Crippen molar-refractivity contribution in [3.63, 3.8) is 0 Å². The second kappa shape index (κ2) is 7.86. The number of carbonyl (C=O) groups excluding carboxylic acids is 1. The van der Waals surface area contributed by atoms with Gasteiger partial charge in [-0.2, -0.15) is 13.5 Å². The second-order valence-corrected chi connectivity index (χ2v) is 9.47. The van der Waals surface area contributed by atoms with Gasteiger partial charge in [0.2, 0.25) is 5.91 Å². The minimum Gasteiger partial charge on any atom is -0.348 e. The van der Waals surface area contributed by atoms with Gasteiger partial charge in [0.1, 0.15) is 23.6 Å². The summed E-state index contributed by atoms with van der Waals surface area (Å²) in [5.41, 5.74) is 2.40. The van der Waals surface area contributed by atoms with Crippen LogP contribution in [0.2, 0.25) is 0 Å². The molecule has 2 atom stereocenters. The van der Waals surface area contributed by atoms with Crippen LogP contribution in [0.3, 0.4) is 0 Å². The number of nitrogens with one attached hydrogen (secondary N) is 1. The Morgan fingerprint density at radius 3 is 2.69 bits per heavy atom. The van der Waals surface area contributed by atoms with E-state index in [2.05, 4.69) is 19.8 Å². The highest BCUT2D eigenvalue weighted by Crippen LogP contribution is 2.31. The summed E-state index contributed by atoms with van der Waals surface area (Å²) in [6, 6.07) is 13.8. The average Bonchev–Trinajstić information content (AvgIpc) is 3.54. The quantitative estimate of drug-likeness (QED) is 0.652. The number of rotatable bonds is 4. The second-order valence-electron chi connectivity index (χ2n) is 7.90. The lowest BCUT2D eigenvalue weighted by atomic mass is 10.1. The summed E-state index contributed by atoms with van der Waals surface area (Å²) in [6.45, 7) is 2.51. The molecule has 1 amide bonds. The summed E-state index contributed by atoms with van der Waals surface area (Å²) in [6.07, 6.45) is 4.53. The van der Waals surface area contributed by atoms with E-state index in [4.69, 9.17) is 0 Å². The number of nitrogens with zero attached hydrogens (tertiary/aromatic N) is 5. The molecule has 0 aliphatic carbocycles. The minimum absolute atomic E-state index is 0.139. The minimum atomic E-state index is -3.73. The number of amidine groups is 1. The molecule has 2 aromatic carbocycles. The molecule has 0 saturated carbocycles. The fraction of sp³-hybridized carbons (Fsp3) is 0.273. The predicted molar refractivity (Wildman–Crippen MR) is 118 cm³/mol. The number of carbonyl (C=O) groups is 1. The van der Waals surface area contributed by atoms with Crippen molar-refractivity contribution in [2.24, 2.45) is 4.40 Å². The van der Waals surface area contributed by atoms with E-state index in [-0.39, 0.29) is 16.8 Å². The average molecular weight is 451 g/mol. The number of benzene rings is 2. The molecule has 5 rings (SSSR count). The standard InChI is InChI=1S/C22H22N6O3S/c1-15(16-8-10-17(11-9-16)28-14-23-13-24-28)25-22(29)19-6-4-12-27(19)21-18-5-2-3-7-20(18)32(30,31)26-21/h2-3,5,7-11,13-15,19H,4,6,12H2,1H3,(H,25,29)/t15?,19-/m0/s1. The number of aromatic nitrogens is 3. The van der Waals surface area contributed by atoms with Crippen LogP contribution < -0.4 is 5.32 Å². The zero-order chi connectivity index (χ0) is 22.3. The molecule has 164 valence electrons. The van der Waals surface area contributed by atoms with Gasteiger partial charge in [0.25, 0.3) is 10.0 Å². The molecule has 1 fully saturated rings. The van der Waals surface area contributed by atoms with Crippen LogP contribution in [-0.2, 0) is 14.8 Å². The van der Waals surface area contributed by atoms with E-state index >= 15 is 0 Å². The van der Waals surface area contributed by atoms with Gasteiger partial charge in [-0.1, -0.05) is 24.3 Å². The summed E-state index contributed by atoms with van der Waals surface area (Å²) in [5, 5.41) is 7.18. The number of hydrogen-bond donors (Lipinski definition) is 1. The van der Waals surface area contributed by atoms with E-state index < -0.39 is 16.1 Å². The lowest BCUT2D eigenvalue weighted by Crippen LogP contribution is -2.46. The normalized spacial score (nSPS) is 20.0. The molecule has 1 N–H and O–H groups in total. The third-order valence-corrected chi connectivity index (χ3v) is 7.20. The molecule has 2 aliphatic heterocycles. The van der Waals surface area contributed by atoms with E-state index in [0.29, 0.717) is 24.4 Å². The summed E-state index contributed by atoms with van der Waals surface area (Å²) < 4.78 is 30.6. The Bertz CT molecular complexity index is 1290. The Hall–Kier alpha value is -3.53. The molecular formula is C22H22N6O3S. The molecular weight excluding hydrogens is 428 g/mol. The summed E-state index contributed by atoms with van der Waals surface area (Å²) in [7, 11) is -3.73. The zero-order valence-corrected chi connectivity index (χ0v) is 18.2. The van der Waals surface area contributed by atoms with Crippen molar-refractivity contribution >= 4 is 21.8 Å². The van der Waals surface area contributed by atoms with Crippen molar-refractivity contribution in [3.8, 4) is 5.69 Å². The van der Waals surface area contributed by atoms with Gasteiger partial charge in [-0.3, -0.25) is 4.79 Å². The molecule has 1 aromatic heterocycles. The van der Waals surface area contributed by atoms with Crippen LogP contribution in [0.4, 0.5) is 0 Å². The van der Waals surface area contributed by atoms with Crippen LogP contribution in [0.1, 0.15) is 36.9 Å². The van der Waals surface area contributed by atoms with Crippen LogP contribution in [0, 0.1) is 0 Å². The Morgan fingerprint density at radius 1 is 1.16 bits per heavy atom. The Morgan fingerprint density at radius 2 is 1.94 bits per heavy atom. The number of sulfonamides is 1. The number of fused-ring (bicyclic) bond motifs is 1. The van der Waals surface area contributed by atoms with Gasteiger partial charge in [-0.25, -0.2) is 9.67 Å². The van der Waals surface area contributed by atoms with Crippen molar-refractivity contribution in [1.82, 2.24) is 25.0 Å². The van der Waals surface area contributed by atoms with Gasteiger partial charge in [0, 0.05) is 12.1 Å². The highest BCUT2D eigenvalue weighted by atomic mass is 32.2. The van der Waals surface area contributed by atoms with Gasteiger partial charge >= 0.3 is 0 Å². The maximum absolute atomic E-state index is 13.1. The van der Waals surface area contributed by atoms with Crippen molar-refractivity contribution in [2.75, 3.05) is 6.54 Å². The highest BCUT2D eigenvalue weighted by molar-refractivity contribution is 7.90. The third-order valence-electron chi connectivity index (χ3n) is 5.88. The first-order valence-corrected chi connectivity index (χ1v) is 11.8. The van der Waals surface area contributed by atoms with E-state index in [1.807, 2.05) is 36.1 Å². The molecule has 10 heteroatoms. The van der Waals surface area contributed by atoms with E-state index in [0.717, 1.165) is 17.7 Å². The van der Waals surface area contributed by atoms with Gasteiger partial charge in [-0.15, -0.1) is 4.40 Å². The molecule has 1 unspecified atom stereocenters. The maximum atomic E-state index is 13.1. The van der Waals surface area contributed by atoms with Crippen LogP contribution in [0.5, 0.6) is 0 Å². The van der Waals surface area contributed by atoms with Crippen LogP contribution in [0.25, 0.3) is 5.69 Å². The maximum Gasteiger partial charge on any atom is 0.285 e. The Kier molecular flexibility index (Phi) is 5.01. The van der Waals surface area contributed by atoms with Crippen molar-refractivity contribution < 1.29 is 13.2 Å².